The third kappa shape index (κ3) is 10.9. The number of aromatic nitrogens is 2. The molecule has 1 unspecified atom stereocenters. The first kappa shape index (κ1) is 26.4. The Morgan fingerprint density at radius 3 is 2.57 bits per heavy atom. The molecule has 8 nitrogen and oxygen atoms in total. The molecule has 2 atom stereocenters. The predicted molar refractivity (Wildman–Crippen MR) is 124 cm³/mol. The fourth-order valence-electron chi connectivity index (χ4n) is 2.77. The van der Waals surface area contributed by atoms with Gasteiger partial charge in [-0.25, -0.2) is 4.79 Å². The van der Waals surface area contributed by atoms with E-state index in [1.54, 1.807) is 18.7 Å². The molecule has 0 aliphatic rings. The van der Waals surface area contributed by atoms with Crippen molar-refractivity contribution in [3.05, 3.63) is 38.2 Å². The fourth-order valence-corrected chi connectivity index (χ4v) is 5.41. The summed E-state index contributed by atoms with van der Waals surface area (Å²) in [5, 5.41) is 12.5. The molecule has 30 heavy (non-hydrogen) atoms. The van der Waals surface area contributed by atoms with Crippen molar-refractivity contribution in [1.29, 1.82) is 0 Å². The number of rotatable bonds is 15. The van der Waals surface area contributed by atoms with Crippen molar-refractivity contribution in [3.63, 3.8) is 0 Å². The highest BCUT2D eigenvalue weighted by Crippen LogP contribution is 2.11. The summed E-state index contributed by atoms with van der Waals surface area (Å²) in [5.41, 5.74) is -0.700. The van der Waals surface area contributed by atoms with Crippen LogP contribution in [0.25, 0.3) is 6.08 Å². The van der Waals surface area contributed by atoms with Gasteiger partial charge in [0.1, 0.15) is 0 Å². The lowest BCUT2D eigenvalue weighted by Crippen LogP contribution is -2.40. The second kappa shape index (κ2) is 15.2. The van der Waals surface area contributed by atoms with E-state index in [4.69, 9.17) is 0 Å². The number of hydrogen-bond acceptors (Lipinski definition) is 6. The number of aromatic amines is 2. The third-order valence-electron chi connectivity index (χ3n) is 4.39. The Labute approximate surface area is 183 Å². The molecule has 4 N–H and O–H groups in total. The summed E-state index contributed by atoms with van der Waals surface area (Å²) in [5.74, 6) is 0.609. The molecule has 1 aromatic heterocycles. The van der Waals surface area contributed by atoms with Crippen molar-refractivity contribution < 1.29 is 14.1 Å². The number of nitrogens with one attached hydrogen (secondary N) is 3. The molecular weight excluding hydrogens is 426 g/mol. The average molecular weight is 460 g/mol. The minimum absolute atomic E-state index is 0.165. The highest BCUT2D eigenvalue weighted by Gasteiger charge is 2.14. The Kier molecular flexibility index (Phi) is 13.4. The lowest BCUT2D eigenvalue weighted by atomic mass is 10.1. The number of aliphatic hydroxyl groups excluding tert-OH is 1. The van der Waals surface area contributed by atoms with E-state index in [1.807, 2.05) is 0 Å². The van der Waals surface area contributed by atoms with Gasteiger partial charge in [-0.3, -0.25) is 18.8 Å². The van der Waals surface area contributed by atoms with E-state index >= 15 is 0 Å². The Bertz CT molecular complexity index is 819. The molecule has 170 valence electrons. The molecule has 1 heterocycles. The van der Waals surface area contributed by atoms with Gasteiger partial charge in [-0.2, -0.15) is 0 Å². The maximum atomic E-state index is 12.2. The number of carbonyl (C=O) groups is 1. The van der Waals surface area contributed by atoms with Gasteiger partial charge in [-0.1, -0.05) is 39.0 Å². The van der Waals surface area contributed by atoms with E-state index in [2.05, 4.69) is 22.2 Å². The molecule has 0 saturated carbocycles. The number of aryl methyl sites for hydroxylation is 1. The Hall–Kier alpha value is -1.65. The Balaban J connectivity index is 2.37. The van der Waals surface area contributed by atoms with Crippen LogP contribution in [0, 0.1) is 6.92 Å². The summed E-state index contributed by atoms with van der Waals surface area (Å²) in [6.45, 7) is 3.42. The average Bonchev–Trinajstić information content (AvgIpc) is 2.68. The van der Waals surface area contributed by atoms with Crippen LogP contribution < -0.4 is 16.6 Å². The second-order valence-electron chi connectivity index (χ2n) is 7.07. The van der Waals surface area contributed by atoms with E-state index in [9.17, 15) is 23.7 Å². The minimum Gasteiger partial charge on any atom is -0.394 e. The van der Waals surface area contributed by atoms with E-state index in [0.717, 1.165) is 18.2 Å². The normalized spacial score (nSPS) is 13.4. The maximum absolute atomic E-state index is 12.2. The van der Waals surface area contributed by atoms with Gasteiger partial charge in [0, 0.05) is 28.3 Å². The zero-order chi connectivity index (χ0) is 22.4. The summed E-state index contributed by atoms with van der Waals surface area (Å²) in [6.07, 6.45) is 9.77. The Morgan fingerprint density at radius 1 is 1.20 bits per heavy atom. The van der Waals surface area contributed by atoms with Crippen LogP contribution in [0.4, 0.5) is 0 Å². The predicted octanol–water partition coefficient (Wildman–Crippen LogP) is 1.66. The topological polar surface area (TPSA) is 132 Å². The molecule has 0 radical (unpaired) electrons. The lowest BCUT2D eigenvalue weighted by molar-refractivity contribution is -0.117. The highest BCUT2D eigenvalue weighted by molar-refractivity contribution is 8.10. The molecule has 1 amide bonds. The van der Waals surface area contributed by atoms with Gasteiger partial charge in [-0.15, -0.1) is 11.8 Å². The summed E-state index contributed by atoms with van der Waals surface area (Å²) in [7, 11) is -1.16. The summed E-state index contributed by atoms with van der Waals surface area (Å²) >= 11 is 1.63. The van der Waals surface area contributed by atoms with E-state index in [0.29, 0.717) is 10.8 Å². The molecule has 1 rings (SSSR count). The van der Waals surface area contributed by atoms with Gasteiger partial charge in [0.25, 0.3) is 5.56 Å². The van der Waals surface area contributed by atoms with Crippen LogP contribution in [-0.2, 0) is 15.6 Å². The third-order valence-corrected chi connectivity index (χ3v) is 7.46. The molecule has 10 heteroatoms. The monoisotopic (exact) mass is 459 g/mol. The number of thioether (sulfide) groups is 1. The molecular formula is C20H33N3O5S2. The molecule has 0 fully saturated rings. The van der Waals surface area contributed by atoms with Crippen LogP contribution in [0.5, 0.6) is 0 Å². The molecule has 0 aliphatic heterocycles. The Morgan fingerprint density at radius 2 is 1.90 bits per heavy atom. The quantitative estimate of drug-likeness (QED) is 0.233. The largest absolute Gasteiger partial charge is 0.394 e. The first-order valence-corrected chi connectivity index (χ1v) is 12.9. The van der Waals surface area contributed by atoms with Crippen LogP contribution in [-0.4, -0.2) is 54.4 Å². The standard InChI is InChI=1S/C20H33N3O5S2/c1-3-4-5-6-7-8-11-29-14-30(28)13-16(12-24)22-18(25)10-9-17-15(2)21-20(27)23-19(17)26/h9-10,16,24H,3-8,11-14H2,1-2H3,(H,22,25)(H2,21,23,26,27)/b10-9+/t16-,30?/m1/s1. The number of amides is 1. The summed E-state index contributed by atoms with van der Waals surface area (Å²) < 4.78 is 12.2. The molecule has 1 aromatic rings. The number of carbonyl (C=O) groups excluding carboxylic acids is 1. The van der Waals surface area contributed by atoms with Crippen molar-refractivity contribution >= 4 is 34.5 Å². The number of H-pyrrole nitrogens is 2. The molecule has 0 saturated heterocycles. The van der Waals surface area contributed by atoms with Crippen LogP contribution in [0.3, 0.4) is 0 Å². The van der Waals surface area contributed by atoms with Crippen molar-refractivity contribution in [1.82, 2.24) is 15.3 Å². The van der Waals surface area contributed by atoms with Crippen molar-refractivity contribution in [3.8, 4) is 0 Å². The first-order valence-electron chi connectivity index (χ1n) is 10.2. The fraction of sp³-hybridized carbons (Fsp3) is 0.650. The summed E-state index contributed by atoms with van der Waals surface area (Å²) in [4.78, 5) is 39.6. The van der Waals surface area contributed by atoms with Crippen LogP contribution in [0.1, 0.15) is 56.7 Å². The van der Waals surface area contributed by atoms with E-state index < -0.39 is 34.0 Å². The van der Waals surface area contributed by atoms with Crippen molar-refractivity contribution in [2.45, 2.75) is 58.4 Å². The zero-order valence-electron chi connectivity index (χ0n) is 17.7. The van der Waals surface area contributed by atoms with Crippen LogP contribution in [0.2, 0.25) is 0 Å². The van der Waals surface area contributed by atoms with Gasteiger partial charge < -0.3 is 15.4 Å². The smallest absolute Gasteiger partial charge is 0.325 e. The highest BCUT2D eigenvalue weighted by atomic mass is 32.2. The second-order valence-corrected chi connectivity index (χ2v) is 10.0. The van der Waals surface area contributed by atoms with Gasteiger partial charge in [0.15, 0.2) is 0 Å². The van der Waals surface area contributed by atoms with E-state index in [-0.39, 0.29) is 17.9 Å². The van der Waals surface area contributed by atoms with Gasteiger partial charge in [0.05, 0.1) is 23.3 Å². The van der Waals surface area contributed by atoms with E-state index in [1.165, 1.54) is 38.2 Å². The SMILES string of the molecule is CCCCCCCCSCS(=O)C[C@@H](CO)NC(=O)/C=C/c1c(C)[nH]c(=O)[nH]c1=O. The zero-order valence-corrected chi connectivity index (χ0v) is 19.3. The molecule has 0 spiro atoms. The maximum Gasteiger partial charge on any atom is 0.325 e. The number of unbranched alkanes of at least 4 members (excludes halogenated alkanes) is 5. The van der Waals surface area contributed by atoms with Gasteiger partial charge in [-0.05, 0) is 25.2 Å². The lowest BCUT2D eigenvalue weighted by Gasteiger charge is -2.14. The van der Waals surface area contributed by atoms with Crippen molar-refractivity contribution in [2.75, 3.05) is 23.2 Å². The van der Waals surface area contributed by atoms with Crippen LogP contribution >= 0.6 is 11.8 Å². The molecule has 0 aromatic carbocycles. The number of aliphatic hydroxyl groups is 1. The minimum atomic E-state index is -1.16. The van der Waals surface area contributed by atoms with Crippen LogP contribution in [0.15, 0.2) is 15.7 Å². The van der Waals surface area contributed by atoms with Crippen molar-refractivity contribution in [2.24, 2.45) is 0 Å². The summed E-state index contributed by atoms with van der Waals surface area (Å²) in [6, 6.07) is -0.632. The first-order chi connectivity index (χ1) is 14.4. The molecule has 0 aliphatic carbocycles. The molecule has 0 bridgehead atoms. The van der Waals surface area contributed by atoms with Gasteiger partial charge >= 0.3 is 5.69 Å². The van der Waals surface area contributed by atoms with Gasteiger partial charge in [0.2, 0.25) is 5.91 Å². The number of hydrogen-bond donors (Lipinski definition) is 4.